The zero-order chi connectivity index (χ0) is 14.8. The minimum absolute atomic E-state index is 0.237. The minimum atomic E-state index is -0.723. The van der Waals surface area contributed by atoms with E-state index in [1.165, 1.54) is 0 Å². The van der Waals surface area contributed by atoms with E-state index in [1.54, 1.807) is 0 Å². The van der Waals surface area contributed by atoms with Crippen LogP contribution >= 0.6 is 11.6 Å². The van der Waals surface area contributed by atoms with E-state index in [2.05, 4.69) is 10.1 Å². The second kappa shape index (κ2) is 9.58. The maximum atomic E-state index is 11.4. The summed E-state index contributed by atoms with van der Waals surface area (Å²) in [5.41, 5.74) is 0. The van der Waals surface area contributed by atoms with Gasteiger partial charge in [0.2, 0.25) is 0 Å². The fraction of sp³-hybridized carbons (Fsp3) is 0.769. The Balaban J connectivity index is 1.97. The molecule has 1 saturated heterocycles. The molecule has 0 spiro atoms. The highest BCUT2D eigenvalue weighted by Gasteiger charge is 2.31. The summed E-state index contributed by atoms with van der Waals surface area (Å²) in [6, 6.07) is -0.633. The summed E-state index contributed by atoms with van der Waals surface area (Å²) in [7, 11) is 0. The third-order valence-electron chi connectivity index (χ3n) is 2.93. The van der Waals surface area contributed by atoms with E-state index >= 15 is 0 Å². The largest absolute Gasteiger partial charge is 0.466 e. The van der Waals surface area contributed by atoms with Crippen LogP contribution in [0.2, 0.25) is 0 Å². The second-order valence-corrected chi connectivity index (χ2v) is 5.00. The number of nitrogens with one attached hydrogen (secondary N) is 1. The number of unbranched alkanes of at least 4 members (excludes halogenated alkanes) is 3. The SMILES string of the molecule is O=C(CCC[C@@H]1NC(=O)OC1=O)OCCCCCCCl. The normalized spacial score (nSPS) is 17.8. The van der Waals surface area contributed by atoms with Crippen molar-refractivity contribution in [3.63, 3.8) is 0 Å². The molecular weight excluding hydrogens is 286 g/mol. The molecule has 0 aromatic carbocycles. The molecule has 0 aromatic heterocycles. The van der Waals surface area contributed by atoms with Crippen molar-refractivity contribution >= 4 is 29.6 Å². The molecule has 0 saturated carbocycles. The zero-order valence-electron chi connectivity index (χ0n) is 11.4. The molecule has 1 N–H and O–H groups in total. The van der Waals surface area contributed by atoms with Crippen molar-refractivity contribution < 1.29 is 23.9 Å². The molecule has 1 atom stereocenters. The molecule has 0 unspecified atom stereocenters. The molecule has 114 valence electrons. The number of halogens is 1. The maximum absolute atomic E-state index is 11.4. The van der Waals surface area contributed by atoms with Crippen LogP contribution in [0.4, 0.5) is 4.79 Å². The fourth-order valence-corrected chi connectivity index (χ4v) is 2.03. The molecule has 0 aromatic rings. The Hall–Kier alpha value is -1.30. The zero-order valence-corrected chi connectivity index (χ0v) is 12.1. The van der Waals surface area contributed by atoms with Gasteiger partial charge in [-0.25, -0.2) is 9.59 Å². The van der Waals surface area contributed by atoms with Crippen LogP contribution in [-0.4, -0.2) is 36.6 Å². The molecule has 0 aliphatic carbocycles. The van der Waals surface area contributed by atoms with Gasteiger partial charge in [0.1, 0.15) is 6.04 Å². The van der Waals surface area contributed by atoms with Crippen LogP contribution in [-0.2, 0) is 19.1 Å². The number of esters is 2. The third-order valence-corrected chi connectivity index (χ3v) is 3.20. The van der Waals surface area contributed by atoms with Crippen molar-refractivity contribution in [3.8, 4) is 0 Å². The van der Waals surface area contributed by atoms with Gasteiger partial charge in [0.05, 0.1) is 6.61 Å². The monoisotopic (exact) mass is 305 g/mol. The predicted octanol–water partition coefficient (Wildman–Crippen LogP) is 2.13. The number of carbonyl (C=O) groups excluding carboxylic acids is 3. The molecule has 0 radical (unpaired) electrons. The molecule has 7 heteroatoms. The van der Waals surface area contributed by atoms with Gasteiger partial charge < -0.3 is 14.8 Å². The number of cyclic esters (lactones) is 2. The highest BCUT2D eigenvalue weighted by Crippen LogP contribution is 2.09. The molecule has 0 bridgehead atoms. The third kappa shape index (κ3) is 6.75. The van der Waals surface area contributed by atoms with Crippen molar-refractivity contribution in [2.24, 2.45) is 0 Å². The maximum Gasteiger partial charge on any atom is 0.415 e. The Labute approximate surface area is 123 Å². The van der Waals surface area contributed by atoms with Crippen molar-refractivity contribution in [2.75, 3.05) is 12.5 Å². The van der Waals surface area contributed by atoms with Crippen molar-refractivity contribution in [1.29, 1.82) is 0 Å². The standard InChI is InChI=1S/C13H20ClNO5/c14-8-3-1-2-4-9-19-11(16)7-5-6-10-12(17)20-13(18)15-10/h10H,1-9H2,(H,15,18)/t10-/m0/s1. The van der Waals surface area contributed by atoms with Crippen LogP contribution in [0.5, 0.6) is 0 Å². The summed E-state index contributed by atoms with van der Waals surface area (Å²) in [6.45, 7) is 0.420. The molecule has 1 aliphatic rings. The molecule has 1 fully saturated rings. The summed E-state index contributed by atoms with van der Waals surface area (Å²) in [5.74, 6) is -0.192. The van der Waals surface area contributed by atoms with Crippen LogP contribution in [0.1, 0.15) is 44.9 Å². The Morgan fingerprint density at radius 3 is 2.60 bits per heavy atom. The molecule has 20 heavy (non-hydrogen) atoms. The van der Waals surface area contributed by atoms with Crippen LogP contribution in [0.3, 0.4) is 0 Å². The average Bonchev–Trinajstić information content (AvgIpc) is 2.72. The first-order chi connectivity index (χ1) is 9.63. The summed E-state index contributed by atoms with van der Waals surface area (Å²) in [4.78, 5) is 33.3. The highest BCUT2D eigenvalue weighted by atomic mass is 35.5. The van der Waals surface area contributed by atoms with Gasteiger partial charge in [-0.3, -0.25) is 4.79 Å². The first-order valence-corrected chi connectivity index (χ1v) is 7.40. The Morgan fingerprint density at radius 1 is 1.20 bits per heavy atom. The van der Waals surface area contributed by atoms with Crippen LogP contribution < -0.4 is 5.32 Å². The average molecular weight is 306 g/mol. The molecule has 1 amide bonds. The van der Waals surface area contributed by atoms with E-state index < -0.39 is 18.1 Å². The Bertz CT molecular complexity index is 348. The molecule has 1 heterocycles. The van der Waals surface area contributed by atoms with Crippen molar-refractivity contribution in [2.45, 2.75) is 51.0 Å². The summed E-state index contributed by atoms with van der Waals surface area (Å²) < 4.78 is 9.39. The lowest BCUT2D eigenvalue weighted by Gasteiger charge is -2.06. The van der Waals surface area contributed by atoms with Gasteiger partial charge in [-0.2, -0.15) is 0 Å². The first kappa shape index (κ1) is 16.8. The van der Waals surface area contributed by atoms with E-state index in [0.717, 1.165) is 25.7 Å². The van der Waals surface area contributed by atoms with Gasteiger partial charge in [-0.1, -0.05) is 12.8 Å². The second-order valence-electron chi connectivity index (χ2n) is 4.62. The Morgan fingerprint density at radius 2 is 1.95 bits per heavy atom. The topological polar surface area (TPSA) is 81.7 Å². The number of amides is 1. The summed E-state index contributed by atoms with van der Waals surface area (Å²) in [5, 5.41) is 2.38. The Kier molecular flexibility index (Phi) is 8.02. The van der Waals surface area contributed by atoms with Gasteiger partial charge in [-0.15, -0.1) is 11.6 Å². The van der Waals surface area contributed by atoms with Crippen LogP contribution in [0, 0.1) is 0 Å². The van der Waals surface area contributed by atoms with Gasteiger partial charge in [-0.05, 0) is 25.7 Å². The fourth-order valence-electron chi connectivity index (χ4n) is 1.84. The van der Waals surface area contributed by atoms with E-state index in [4.69, 9.17) is 16.3 Å². The number of hydrogen-bond donors (Lipinski definition) is 1. The summed E-state index contributed by atoms with van der Waals surface area (Å²) in [6.07, 6.45) is 4.25. The quantitative estimate of drug-likeness (QED) is 0.289. The van der Waals surface area contributed by atoms with Gasteiger partial charge >= 0.3 is 18.0 Å². The van der Waals surface area contributed by atoms with E-state index in [1.807, 2.05) is 0 Å². The van der Waals surface area contributed by atoms with E-state index in [9.17, 15) is 14.4 Å². The molecule has 6 nitrogen and oxygen atoms in total. The van der Waals surface area contributed by atoms with Gasteiger partial charge in [0.15, 0.2) is 0 Å². The smallest absolute Gasteiger partial charge is 0.415 e. The predicted molar refractivity (Wildman–Crippen MR) is 72.4 cm³/mol. The number of ether oxygens (including phenoxy) is 2. The first-order valence-electron chi connectivity index (χ1n) is 6.87. The van der Waals surface area contributed by atoms with Crippen LogP contribution in [0.25, 0.3) is 0 Å². The lowest BCUT2D eigenvalue weighted by molar-refractivity contribution is -0.144. The van der Waals surface area contributed by atoms with Gasteiger partial charge in [0, 0.05) is 12.3 Å². The number of rotatable bonds is 10. The number of alkyl carbamates (subject to hydrolysis) is 1. The van der Waals surface area contributed by atoms with Crippen molar-refractivity contribution in [1.82, 2.24) is 5.32 Å². The molecule has 1 rings (SSSR count). The lowest BCUT2D eigenvalue weighted by atomic mass is 10.1. The van der Waals surface area contributed by atoms with Crippen LogP contribution in [0.15, 0.2) is 0 Å². The number of carbonyl (C=O) groups is 3. The number of hydrogen-bond acceptors (Lipinski definition) is 5. The van der Waals surface area contributed by atoms with E-state index in [-0.39, 0.29) is 12.4 Å². The minimum Gasteiger partial charge on any atom is -0.466 e. The molecular formula is C13H20ClNO5. The van der Waals surface area contributed by atoms with Gasteiger partial charge in [0.25, 0.3) is 0 Å². The van der Waals surface area contributed by atoms with E-state index in [0.29, 0.717) is 25.3 Å². The molecule has 1 aliphatic heterocycles. The lowest BCUT2D eigenvalue weighted by Crippen LogP contribution is -2.28. The van der Waals surface area contributed by atoms with Crippen molar-refractivity contribution in [3.05, 3.63) is 0 Å². The number of alkyl halides is 1. The highest BCUT2D eigenvalue weighted by molar-refractivity contribution is 6.17. The summed E-state index contributed by atoms with van der Waals surface area (Å²) >= 11 is 5.55.